The Morgan fingerprint density at radius 1 is 1.30 bits per heavy atom. The smallest absolute Gasteiger partial charge is 0.196 e. The SMILES string of the molecule is COc1cccc(-n2cnnc2SCC(=O)c2cc(C)n(C3CC3)c2C)c1. The number of Topliss-reactive ketones (excluding diaryl/α,β-unsaturated/α-hetero) is 1. The number of aromatic nitrogens is 4. The Morgan fingerprint density at radius 3 is 2.85 bits per heavy atom. The Kier molecular flexibility index (Phi) is 4.78. The van der Waals surface area contributed by atoms with Crippen molar-refractivity contribution in [2.45, 2.75) is 37.9 Å². The highest BCUT2D eigenvalue weighted by Gasteiger charge is 2.28. The van der Waals surface area contributed by atoms with E-state index in [9.17, 15) is 4.79 Å². The van der Waals surface area contributed by atoms with Crippen molar-refractivity contribution < 1.29 is 9.53 Å². The maximum absolute atomic E-state index is 12.8. The highest BCUT2D eigenvalue weighted by Crippen LogP contribution is 2.38. The number of ketones is 1. The van der Waals surface area contributed by atoms with E-state index in [1.54, 1.807) is 13.4 Å². The van der Waals surface area contributed by atoms with Gasteiger partial charge in [-0.15, -0.1) is 10.2 Å². The molecule has 0 saturated heterocycles. The number of hydrogen-bond donors (Lipinski definition) is 0. The van der Waals surface area contributed by atoms with Gasteiger partial charge in [0.15, 0.2) is 10.9 Å². The summed E-state index contributed by atoms with van der Waals surface area (Å²) in [5.41, 5.74) is 3.97. The van der Waals surface area contributed by atoms with Crippen molar-refractivity contribution in [2.75, 3.05) is 12.9 Å². The molecule has 1 saturated carbocycles. The molecule has 7 heteroatoms. The fourth-order valence-electron chi connectivity index (χ4n) is 3.42. The van der Waals surface area contributed by atoms with E-state index in [1.807, 2.05) is 41.8 Å². The molecular weight excluding hydrogens is 360 g/mol. The summed E-state index contributed by atoms with van der Waals surface area (Å²) in [6.07, 6.45) is 4.07. The molecule has 0 unspecified atom stereocenters. The predicted octanol–water partition coefficient (Wildman–Crippen LogP) is 4.00. The second-order valence-corrected chi connectivity index (χ2v) is 7.73. The molecule has 27 heavy (non-hydrogen) atoms. The predicted molar refractivity (Wildman–Crippen MR) is 105 cm³/mol. The van der Waals surface area contributed by atoms with Crippen LogP contribution in [-0.2, 0) is 0 Å². The number of carbonyl (C=O) groups is 1. The van der Waals surface area contributed by atoms with Gasteiger partial charge >= 0.3 is 0 Å². The first-order chi connectivity index (χ1) is 13.1. The summed E-state index contributed by atoms with van der Waals surface area (Å²) in [6.45, 7) is 4.12. The standard InChI is InChI=1S/C20H22N4O2S/c1-13-9-18(14(2)24(13)15-7-8-15)19(25)11-27-20-22-21-12-23(20)16-5-4-6-17(10-16)26-3/h4-6,9-10,12,15H,7-8,11H2,1-3H3. The van der Waals surface area contributed by atoms with E-state index in [0.717, 1.165) is 22.7 Å². The summed E-state index contributed by atoms with van der Waals surface area (Å²) in [5, 5.41) is 8.87. The highest BCUT2D eigenvalue weighted by molar-refractivity contribution is 7.99. The van der Waals surface area contributed by atoms with Crippen LogP contribution in [0.1, 0.15) is 40.6 Å². The van der Waals surface area contributed by atoms with Crippen LogP contribution in [0, 0.1) is 13.8 Å². The Bertz CT molecular complexity index is 988. The van der Waals surface area contributed by atoms with Crippen molar-refractivity contribution in [3.05, 3.63) is 53.6 Å². The fourth-order valence-corrected chi connectivity index (χ4v) is 4.23. The zero-order valence-electron chi connectivity index (χ0n) is 15.7. The molecular formula is C20H22N4O2S. The van der Waals surface area contributed by atoms with Crippen molar-refractivity contribution in [3.63, 3.8) is 0 Å². The van der Waals surface area contributed by atoms with Crippen LogP contribution in [0.4, 0.5) is 0 Å². The Labute approximate surface area is 162 Å². The van der Waals surface area contributed by atoms with E-state index in [1.165, 1.54) is 30.3 Å². The van der Waals surface area contributed by atoms with Gasteiger partial charge in [-0.1, -0.05) is 17.8 Å². The van der Waals surface area contributed by atoms with Gasteiger partial charge in [0.1, 0.15) is 12.1 Å². The molecule has 0 spiro atoms. The number of carbonyl (C=O) groups excluding carboxylic acids is 1. The van der Waals surface area contributed by atoms with Gasteiger partial charge in [0, 0.05) is 29.1 Å². The minimum absolute atomic E-state index is 0.125. The van der Waals surface area contributed by atoms with Gasteiger partial charge in [-0.05, 0) is 44.9 Å². The van der Waals surface area contributed by atoms with Crippen molar-refractivity contribution in [3.8, 4) is 11.4 Å². The molecule has 3 aromatic rings. The molecule has 2 aromatic heterocycles. The van der Waals surface area contributed by atoms with Crippen LogP contribution in [0.5, 0.6) is 5.75 Å². The Hall–Kier alpha value is -2.54. The number of rotatable bonds is 7. The minimum atomic E-state index is 0.125. The number of thioether (sulfide) groups is 1. The molecule has 1 aliphatic carbocycles. The quantitative estimate of drug-likeness (QED) is 0.456. The Morgan fingerprint density at radius 2 is 2.11 bits per heavy atom. The summed E-state index contributed by atoms with van der Waals surface area (Å²) >= 11 is 1.40. The van der Waals surface area contributed by atoms with Crippen molar-refractivity contribution in [1.29, 1.82) is 0 Å². The number of hydrogen-bond acceptors (Lipinski definition) is 5. The molecule has 140 valence electrons. The molecule has 0 aliphatic heterocycles. The van der Waals surface area contributed by atoms with Crippen LogP contribution in [-0.4, -0.2) is 38.0 Å². The third-order valence-electron chi connectivity index (χ3n) is 4.88. The van der Waals surface area contributed by atoms with Crippen LogP contribution in [0.2, 0.25) is 0 Å². The Balaban J connectivity index is 1.51. The van der Waals surface area contributed by atoms with E-state index in [-0.39, 0.29) is 5.78 Å². The lowest BCUT2D eigenvalue weighted by Crippen LogP contribution is -2.06. The topological polar surface area (TPSA) is 61.9 Å². The van der Waals surface area contributed by atoms with Gasteiger partial charge in [-0.3, -0.25) is 9.36 Å². The van der Waals surface area contributed by atoms with Gasteiger partial charge in [0.2, 0.25) is 0 Å². The van der Waals surface area contributed by atoms with Crippen LogP contribution in [0.25, 0.3) is 5.69 Å². The van der Waals surface area contributed by atoms with Crippen LogP contribution >= 0.6 is 11.8 Å². The molecule has 0 N–H and O–H groups in total. The first-order valence-corrected chi connectivity index (χ1v) is 9.96. The lowest BCUT2D eigenvalue weighted by atomic mass is 10.2. The number of aryl methyl sites for hydroxylation is 1. The van der Waals surface area contributed by atoms with Crippen LogP contribution in [0.3, 0.4) is 0 Å². The lowest BCUT2D eigenvalue weighted by Gasteiger charge is -2.08. The minimum Gasteiger partial charge on any atom is -0.497 e. The van der Waals surface area contributed by atoms with E-state index in [0.29, 0.717) is 17.0 Å². The van der Waals surface area contributed by atoms with Crippen molar-refractivity contribution >= 4 is 17.5 Å². The summed E-state index contributed by atoms with van der Waals surface area (Å²) in [6, 6.07) is 10.3. The van der Waals surface area contributed by atoms with Crippen LogP contribution < -0.4 is 4.74 Å². The molecule has 0 radical (unpaired) electrons. The highest BCUT2D eigenvalue weighted by atomic mass is 32.2. The zero-order chi connectivity index (χ0) is 19.0. The van der Waals surface area contributed by atoms with Crippen molar-refractivity contribution in [1.82, 2.24) is 19.3 Å². The van der Waals surface area contributed by atoms with E-state index < -0.39 is 0 Å². The second-order valence-electron chi connectivity index (χ2n) is 6.78. The third kappa shape index (κ3) is 3.51. The summed E-state index contributed by atoms with van der Waals surface area (Å²) in [7, 11) is 1.64. The summed E-state index contributed by atoms with van der Waals surface area (Å²) in [5.74, 6) is 1.22. The zero-order valence-corrected chi connectivity index (χ0v) is 16.5. The number of ether oxygens (including phenoxy) is 1. The van der Waals surface area contributed by atoms with Crippen molar-refractivity contribution in [2.24, 2.45) is 0 Å². The molecule has 1 aromatic carbocycles. The second kappa shape index (κ2) is 7.23. The first-order valence-electron chi connectivity index (χ1n) is 8.97. The summed E-state index contributed by atoms with van der Waals surface area (Å²) < 4.78 is 9.45. The third-order valence-corrected chi connectivity index (χ3v) is 5.82. The molecule has 6 nitrogen and oxygen atoms in total. The number of benzene rings is 1. The van der Waals surface area contributed by atoms with Gasteiger partial charge in [0.25, 0.3) is 0 Å². The molecule has 0 amide bonds. The summed E-state index contributed by atoms with van der Waals surface area (Å²) in [4.78, 5) is 12.8. The lowest BCUT2D eigenvalue weighted by molar-refractivity contribution is 0.102. The van der Waals surface area contributed by atoms with E-state index in [4.69, 9.17) is 4.74 Å². The number of methoxy groups -OCH3 is 1. The molecule has 0 atom stereocenters. The number of nitrogens with zero attached hydrogens (tertiary/aromatic N) is 4. The van der Waals surface area contributed by atoms with Gasteiger partial charge < -0.3 is 9.30 Å². The van der Waals surface area contributed by atoms with E-state index >= 15 is 0 Å². The molecule has 0 bridgehead atoms. The van der Waals surface area contributed by atoms with Gasteiger partial charge in [-0.25, -0.2) is 0 Å². The molecule has 1 aliphatic rings. The molecule has 4 rings (SSSR count). The average molecular weight is 382 g/mol. The monoisotopic (exact) mass is 382 g/mol. The van der Waals surface area contributed by atoms with Gasteiger partial charge in [0.05, 0.1) is 18.6 Å². The first kappa shape index (κ1) is 17.9. The maximum atomic E-state index is 12.8. The van der Waals surface area contributed by atoms with E-state index in [2.05, 4.69) is 21.7 Å². The maximum Gasteiger partial charge on any atom is 0.196 e. The molecule has 2 heterocycles. The van der Waals surface area contributed by atoms with Crippen LogP contribution in [0.15, 0.2) is 41.8 Å². The normalized spacial score (nSPS) is 13.7. The largest absolute Gasteiger partial charge is 0.497 e. The molecule has 1 fully saturated rings. The average Bonchev–Trinajstić information content (AvgIpc) is 3.31. The fraction of sp³-hybridized carbons (Fsp3) is 0.350. The van der Waals surface area contributed by atoms with Gasteiger partial charge in [-0.2, -0.15) is 0 Å².